The zero-order chi connectivity index (χ0) is 18.4. The number of ether oxygens (including phenoxy) is 1. The molecule has 0 radical (unpaired) electrons. The number of hydrogen-bond acceptors (Lipinski definition) is 4. The highest BCUT2D eigenvalue weighted by atomic mass is 16.5. The van der Waals surface area contributed by atoms with Crippen molar-refractivity contribution in [1.82, 2.24) is 14.7 Å². The third kappa shape index (κ3) is 4.95. The van der Waals surface area contributed by atoms with Crippen LogP contribution in [0, 0.1) is 0 Å². The summed E-state index contributed by atoms with van der Waals surface area (Å²) in [7, 11) is 0. The van der Waals surface area contributed by atoms with Crippen LogP contribution in [-0.4, -0.2) is 79.1 Å². The molecular weight excluding hydrogens is 332 g/mol. The molecule has 3 amide bonds. The molecule has 2 saturated heterocycles. The summed E-state index contributed by atoms with van der Waals surface area (Å²) in [6.07, 6.45) is 0.808. The molecule has 1 aromatic carbocycles. The highest BCUT2D eigenvalue weighted by molar-refractivity contribution is 5.90. The number of carbonyl (C=O) groups excluding carboxylic acids is 2. The van der Waals surface area contributed by atoms with E-state index in [1.807, 2.05) is 18.2 Å². The molecule has 0 unspecified atom stereocenters. The molecule has 0 aromatic heterocycles. The van der Waals surface area contributed by atoms with Gasteiger partial charge in [0.1, 0.15) is 0 Å². The fraction of sp³-hybridized carbons (Fsp3) is 0.579. The van der Waals surface area contributed by atoms with Crippen molar-refractivity contribution in [3.63, 3.8) is 0 Å². The van der Waals surface area contributed by atoms with Crippen LogP contribution < -0.4 is 5.32 Å². The molecule has 2 fully saturated rings. The quantitative estimate of drug-likeness (QED) is 0.889. The van der Waals surface area contributed by atoms with Crippen LogP contribution in [0.3, 0.4) is 0 Å². The molecule has 7 nitrogen and oxygen atoms in total. The van der Waals surface area contributed by atoms with Crippen molar-refractivity contribution in [3.05, 3.63) is 29.8 Å². The number of urea groups is 1. The number of para-hydroxylation sites is 1. The lowest BCUT2D eigenvalue weighted by atomic mass is 10.1. The maximum absolute atomic E-state index is 12.7. The molecule has 1 aromatic rings. The lowest BCUT2D eigenvalue weighted by Crippen LogP contribution is -2.39. The van der Waals surface area contributed by atoms with Crippen LogP contribution in [0.5, 0.6) is 0 Å². The van der Waals surface area contributed by atoms with Gasteiger partial charge in [0.2, 0.25) is 5.91 Å². The van der Waals surface area contributed by atoms with Gasteiger partial charge in [-0.2, -0.15) is 0 Å². The van der Waals surface area contributed by atoms with Crippen LogP contribution in [0.2, 0.25) is 0 Å². The summed E-state index contributed by atoms with van der Waals surface area (Å²) in [5, 5.41) is 3.07. The summed E-state index contributed by atoms with van der Waals surface area (Å²) in [6, 6.07) is 7.86. The van der Waals surface area contributed by atoms with Gasteiger partial charge in [0, 0.05) is 58.4 Å². The molecule has 0 spiro atoms. The predicted molar refractivity (Wildman–Crippen MR) is 100 cm³/mol. The van der Waals surface area contributed by atoms with Gasteiger partial charge in [-0.25, -0.2) is 4.79 Å². The van der Waals surface area contributed by atoms with Crippen LogP contribution in [0.25, 0.3) is 0 Å². The van der Waals surface area contributed by atoms with Crippen molar-refractivity contribution in [2.24, 2.45) is 0 Å². The topological polar surface area (TPSA) is 65.1 Å². The van der Waals surface area contributed by atoms with Crippen LogP contribution in [0.4, 0.5) is 10.5 Å². The van der Waals surface area contributed by atoms with Crippen molar-refractivity contribution in [2.45, 2.75) is 19.9 Å². The minimum atomic E-state index is -0.0928. The van der Waals surface area contributed by atoms with E-state index in [1.54, 1.807) is 16.7 Å². The second kappa shape index (κ2) is 9.00. The molecule has 0 bridgehead atoms. The molecule has 1 N–H and O–H groups in total. The van der Waals surface area contributed by atoms with Gasteiger partial charge < -0.3 is 19.9 Å². The Morgan fingerprint density at radius 2 is 1.69 bits per heavy atom. The average molecular weight is 360 g/mol. The smallest absolute Gasteiger partial charge is 0.321 e. The monoisotopic (exact) mass is 360 g/mol. The van der Waals surface area contributed by atoms with Crippen LogP contribution >= 0.6 is 0 Å². The first-order valence-corrected chi connectivity index (χ1v) is 9.33. The average Bonchev–Trinajstić information content (AvgIpc) is 2.91. The molecule has 2 aliphatic heterocycles. The summed E-state index contributed by atoms with van der Waals surface area (Å²) in [5.41, 5.74) is 1.97. The second-order valence-electron chi connectivity index (χ2n) is 6.82. The van der Waals surface area contributed by atoms with Crippen molar-refractivity contribution >= 4 is 17.6 Å². The molecule has 142 valence electrons. The SMILES string of the molecule is CC(=O)N1CCCN(C(=O)Nc2ccccc2CN2CCOCC2)CC1. The van der Waals surface area contributed by atoms with E-state index in [4.69, 9.17) is 4.74 Å². The number of rotatable bonds is 3. The number of morpholine rings is 1. The third-order valence-corrected chi connectivity index (χ3v) is 4.99. The molecule has 7 heteroatoms. The Morgan fingerprint density at radius 1 is 1.00 bits per heavy atom. The molecular formula is C19H28N4O3. The molecule has 0 saturated carbocycles. The molecule has 26 heavy (non-hydrogen) atoms. The van der Waals surface area contributed by atoms with E-state index in [0.29, 0.717) is 26.2 Å². The summed E-state index contributed by atoms with van der Waals surface area (Å²) in [6.45, 7) is 8.27. The van der Waals surface area contributed by atoms with E-state index < -0.39 is 0 Å². The fourth-order valence-corrected chi connectivity index (χ4v) is 3.41. The van der Waals surface area contributed by atoms with Crippen molar-refractivity contribution in [1.29, 1.82) is 0 Å². The Morgan fingerprint density at radius 3 is 2.46 bits per heavy atom. The van der Waals surface area contributed by atoms with E-state index in [2.05, 4.69) is 16.3 Å². The lowest BCUT2D eigenvalue weighted by molar-refractivity contribution is -0.128. The highest BCUT2D eigenvalue weighted by Gasteiger charge is 2.21. The maximum atomic E-state index is 12.7. The predicted octanol–water partition coefficient (Wildman–Crippen LogP) is 1.60. The Bertz CT molecular complexity index is 631. The van der Waals surface area contributed by atoms with Gasteiger partial charge in [-0.1, -0.05) is 18.2 Å². The first kappa shape index (κ1) is 18.7. The van der Waals surface area contributed by atoms with E-state index >= 15 is 0 Å². The molecule has 2 aliphatic rings. The maximum Gasteiger partial charge on any atom is 0.321 e. The van der Waals surface area contributed by atoms with Crippen molar-refractivity contribution < 1.29 is 14.3 Å². The third-order valence-electron chi connectivity index (χ3n) is 4.99. The van der Waals surface area contributed by atoms with Crippen molar-refractivity contribution in [3.8, 4) is 0 Å². The van der Waals surface area contributed by atoms with Crippen LogP contribution in [-0.2, 0) is 16.1 Å². The Balaban J connectivity index is 1.61. The Kier molecular flexibility index (Phi) is 6.46. The van der Waals surface area contributed by atoms with E-state index in [1.165, 1.54) is 0 Å². The minimum Gasteiger partial charge on any atom is -0.379 e. The van der Waals surface area contributed by atoms with Crippen molar-refractivity contribution in [2.75, 3.05) is 57.8 Å². The zero-order valence-electron chi connectivity index (χ0n) is 15.4. The summed E-state index contributed by atoms with van der Waals surface area (Å²) < 4.78 is 5.40. The van der Waals surface area contributed by atoms with Gasteiger partial charge in [-0.3, -0.25) is 9.69 Å². The molecule has 0 aliphatic carbocycles. The first-order chi connectivity index (χ1) is 12.6. The molecule has 3 rings (SSSR count). The molecule has 0 atom stereocenters. The first-order valence-electron chi connectivity index (χ1n) is 9.33. The highest BCUT2D eigenvalue weighted by Crippen LogP contribution is 2.19. The second-order valence-corrected chi connectivity index (χ2v) is 6.82. The van der Waals surface area contributed by atoms with Gasteiger partial charge in [0.15, 0.2) is 0 Å². The summed E-state index contributed by atoms with van der Waals surface area (Å²) in [4.78, 5) is 30.2. The number of nitrogens with zero attached hydrogens (tertiary/aromatic N) is 3. The van der Waals surface area contributed by atoms with E-state index in [9.17, 15) is 9.59 Å². The number of anilines is 1. The van der Waals surface area contributed by atoms with Gasteiger partial charge in [0.25, 0.3) is 0 Å². The number of benzene rings is 1. The summed E-state index contributed by atoms with van der Waals surface area (Å²) >= 11 is 0. The van der Waals surface area contributed by atoms with Gasteiger partial charge in [-0.05, 0) is 18.1 Å². The largest absolute Gasteiger partial charge is 0.379 e. The normalized spacial score (nSPS) is 19.1. The van der Waals surface area contributed by atoms with Gasteiger partial charge in [-0.15, -0.1) is 0 Å². The van der Waals surface area contributed by atoms with E-state index in [-0.39, 0.29) is 11.9 Å². The van der Waals surface area contributed by atoms with Crippen LogP contribution in [0.15, 0.2) is 24.3 Å². The number of amides is 3. The summed E-state index contributed by atoms with van der Waals surface area (Å²) in [5.74, 6) is 0.0723. The fourth-order valence-electron chi connectivity index (χ4n) is 3.41. The Labute approximate surface area is 154 Å². The van der Waals surface area contributed by atoms with E-state index in [0.717, 1.165) is 50.5 Å². The number of carbonyl (C=O) groups is 2. The lowest BCUT2D eigenvalue weighted by Gasteiger charge is -2.28. The Hall–Kier alpha value is -2.12. The number of nitrogens with one attached hydrogen (secondary N) is 1. The number of hydrogen-bond donors (Lipinski definition) is 1. The van der Waals surface area contributed by atoms with Crippen LogP contribution in [0.1, 0.15) is 18.9 Å². The zero-order valence-corrected chi connectivity index (χ0v) is 15.4. The van der Waals surface area contributed by atoms with Gasteiger partial charge >= 0.3 is 6.03 Å². The molecule has 2 heterocycles. The van der Waals surface area contributed by atoms with Gasteiger partial charge in [0.05, 0.1) is 13.2 Å². The standard InChI is InChI=1S/C19H28N4O3/c1-16(24)22-7-4-8-23(10-9-22)19(25)20-18-6-3-2-5-17(18)15-21-11-13-26-14-12-21/h2-3,5-6H,4,7-15H2,1H3,(H,20,25). The minimum absolute atomic E-state index is 0.0723.